The normalized spacial score (nSPS) is 10.6. The zero-order chi connectivity index (χ0) is 13.4. The van der Waals surface area contributed by atoms with Crippen molar-refractivity contribution < 1.29 is 19.4 Å². The maximum atomic E-state index is 11.3. The Morgan fingerprint density at radius 3 is 2.83 bits per heavy atom. The van der Waals surface area contributed by atoms with Crippen LogP contribution in [0.4, 0.5) is 0 Å². The van der Waals surface area contributed by atoms with Gasteiger partial charge in [0.15, 0.2) is 0 Å². The van der Waals surface area contributed by atoms with E-state index in [4.69, 9.17) is 15.1 Å². The molecule has 0 atom stereocenters. The fourth-order valence-corrected chi connectivity index (χ4v) is 1.29. The number of benzene rings is 1. The highest BCUT2D eigenvalue weighted by atomic mass is 16.5. The molecule has 0 radical (unpaired) electrons. The topological polar surface area (TPSA) is 79.6 Å². The van der Waals surface area contributed by atoms with E-state index in [1.165, 1.54) is 13.2 Å². The first-order valence-electron chi connectivity index (χ1n) is 5.25. The van der Waals surface area contributed by atoms with Crippen LogP contribution in [0.1, 0.15) is 5.56 Å². The SMILES string of the molecule is COC(=O)/C(C#N)=C/c1ccccc1OCCO. The van der Waals surface area contributed by atoms with Gasteiger partial charge < -0.3 is 14.6 Å². The second-order valence-corrected chi connectivity index (χ2v) is 3.27. The number of esters is 1. The number of hydrogen-bond acceptors (Lipinski definition) is 5. The number of carbonyl (C=O) groups is 1. The van der Waals surface area contributed by atoms with E-state index >= 15 is 0 Å². The van der Waals surface area contributed by atoms with E-state index in [1.807, 2.05) is 0 Å². The Morgan fingerprint density at radius 2 is 2.22 bits per heavy atom. The minimum atomic E-state index is -0.700. The van der Waals surface area contributed by atoms with Crippen molar-refractivity contribution in [3.63, 3.8) is 0 Å². The lowest BCUT2D eigenvalue weighted by Gasteiger charge is -2.07. The standard InChI is InChI=1S/C13H13NO4/c1-17-13(16)11(9-14)8-10-4-2-3-5-12(10)18-7-6-15/h2-5,8,15H,6-7H2,1H3/b11-8+. The van der Waals surface area contributed by atoms with E-state index in [-0.39, 0.29) is 18.8 Å². The van der Waals surface area contributed by atoms with Crippen molar-refractivity contribution in [3.05, 3.63) is 35.4 Å². The van der Waals surface area contributed by atoms with Crippen LogP contribution < -0.4 is 4.74 Å². The monoisotopic (exact) mass is 247 g/mol. The van der Waals surface area contributed by atoms with Gasteiger partial charge in [-0.2, -0.15) is 5.26 Å². The minimum absolute atomic E-state index is 0.111. The third-order valence-electron chi connectivity index (χ3n) is 2.09. The number of methoxy groups -OCH3 is 1. The maximum absolute atomic E-state index is 11.3. The van der Waals surface area contributed by atoms with Gasteiger partial charge in [0.25, 0.3) is 0 Å². The van der Waals surface area contributed by atoms with E-state index in [0.717, 1.165) is 0 Å². The van der Waals surface area contributed by atoms with Crippen molar-refractivity contribution in [2.75, 3.05) is 20.3 Å². The summed E-state index contributed by atoms with van der Waals surface area (Å²) in [7, 11) is 1.21. The van der Waals surface area contributed by atoms with Crippen molar-refractivity contribution in [3.8, 4) is 11.8 Å². The number of rotatable bonds is 5. The van der Waals surface area contributed by atoms with Gasteiger partial charge in [0, 0.05) is 5.56 Å². The van der Waals surface area contributed by atoms with E-state index in [0.29, 0.717) is 11.3 Å². The third-order valence-corrected chi connectivity index (χ3v) is 2.09. The molecule has 0 aliphatic carbocycles. The van der Waals surface area contributed by atoms with Crippen molar-refractivity contribution in [2.24, 2.45) is 0 Å². The summed E-state index contributed by atoms with van der Waals surface area (Å²) in [5.41, 5.74) is 0.463. The average Bonchev–Trinajstić information content (AvgIpc) is 2.42. The highest BCUT2D eigenvalue weighted by molar-refractivity contribution is 5.98. The molecule has 0 spiro atoms. The van der Waals surface area contributed by atoms with Crippen molar-refractivity contribution >= 4 is 12.0 Å². The third kappa shape index (κ3) is 3.61. The van der Waals surface area contributed by atoms with Crippen LogP contribution in [0.5, 0.6) is 5.75 Å². The number of ether oxygens (including phenoxy) is 2. The van der Waals surface area contributed by atoms with Gasteiger partial charge >= 0.3 is 5.97 Å². The predicted octanol–water partition coefficient (Wildman–Crippen LogP) is 1.14. The molecule has 0 unspecified atom stereocenters. The molecular weight excluding hydrogens is 234 g/mol. The summed E-state index contributed by atoms with van der Waals surface area (Å²) in [5.74, 6) is -0.210. The highest BCUT2D eigenvalue weighted by Crippen LogP contribution is 2.21. The van der Waals surface area contributed by atoms with Gasteiger partial charge in [-0.05, 0) is 12.1 Å². The summed E-state index contributed by atoms with van der Waals surface area (Å²) in [4.78, 5) is 11.3. The summed E-state index contributed by atoms with van der Waals surface area (Å²) in [5, 5.41) is 17.6. The average molecular weight is 247 g/mol. The summed E-state index contributed by atoms with van der Waals surface area (Å²) < 4.78 is 9.77. The van der Waals surface area contributed by atoms with Crippen LogP contribution in [0.25, 0.3) is 6.08 Å². The van der Waals surface area contributed by atoms with Gasteiger partial charge in [-0.3, -0.25) is 0 Å². The molecule has 94 valence electrons. The second kappa shape index (κ2) is 7.09. The lowest BCUT2D eigenvalue weighted by atomic mass is 10.1. The Hall–Kier alpha value is -2.32. The van der Waals surface area contributed by atoms with Crippen molar-refractivity contribution in [1.29, 1.82) is 5.26 Å². The molecule has 1 N–H and O–H groups in total. The van der Waals surface area contributed by atoms with Gasteiger partial charge in [0.2, 0.25) is 0 Å². The maximum Gasteiger partial charge on any atom is 0.348 e. The van der Waals surface area contributed by atoms with Crippen LogP contribution in [-0.4, -0.2) is 31.4 Å². The Kier molecular flexibility index (Phi) is 5.42. The first-order chi connectivity index (χ1) is 8.72. The summed E-state index contributed by atoms with van der Waals surface area (Å²) in [6, 6.07) is 8.67. The van der Waals surface area contributed by atoms with Gasteiger partial charge in [0.05, 0.1) is 13.7 Å². The van der Waals surface area contributed by atoms with Crippen LogP contribution in [0, 0.1) is 11.3 Å². The van der Waals surface area contributed by atoms with Gasteiger partial charge in [-0.25, -0.2) is 4.79 Å². The fourth-order valence-electron chi connectivity index (χ4n) is 1.29. The number of aliphatic hydroxyl groups excluding tert-OH is 1. The zero-order valence-corrected chi connectivity index (χ0v) is 9.92. The molecule has 0 saturated carbocycles. The molecule has 0 saturated heterocycles. The second-order valence-electron chi connectivity index (χ2n) is 3.27. The van der Waals surface area contributed by atoms with Gasteiger partial charge in [-0.1, -0.05) is 18.2 Å². The summed E-state index contributed by atoms with van der Waals surface area (Å²) in [6.45, 7) is 0.0329. The van der Waals surface area contributed by atoms with Crippen LogP contribution in [0.15, 0.2) is 29.8 Å². The molecule has 0 amide bonds. The molecule has 0 aliphatic heterocycles. The molecule has 0 heterocycles. The summed E-state index contributed by atoms with van der Waals surface area (Å²) >= 11 is 0. The molecule has 5 nitrogen and oxygen atoms in total. The van der Waals surface area contributed by atoms with Crippen LogP contribution >= 0.6 is 0 Å². The first kappa shape index (κ1) is 13.7. The number of para-hydroxylation sites is 1. The Morgan fingerprint density at radius 1 is 1.50 bits per heavy atom. The number of hydrogen-bond donors (Lipinski definition) is 1. The molecule has 0 aliphatic rings. The highest BCUT2D eigenvalue weighted by Gasteiger charge is 2.10. The van der Waals surface area contributed by atoms with Crippen LogP contribution in [0.3, 0.4) is 0 Å². The molecule has 1 aromatic rings. The Balaban J connectivity index is 3.05. The molecule has 0 fully saturated rings. The van der Waals surface area contributed by atoms with E-state index in [1.54, 1.807) is 30.3 Å². The largest absolute Gasteiger partial charge is 0.491 e. The molecule has 1 aromatic carbocycles. The molecular formula is C13H13NO4. The van der Waals surface area contributed by atoms with E-state index in [9.17, 15) is 4.79 Å². The molecule has 5 heteroatoms. The fraction of sp³-hybridized carbons (Fsp3) is 0.231. The zero-order valence-electron chi connectivity index (χ0n) is 9.92. The number of nitrogens with zero attached hydrogens (tertiary/aromatic N) is 1. The smallest absolute Gasteiger partial charge is 0.348 e. The minimum Gasteiger partial charge on any atom is -0.491 e. The van der Waals surface area contributed by atoms with Crippen LogP contribution in [0.2, 0.25) is 0 Å². The van der Waals surface area contributed by atoms with Gasteiger partial charge in [-0.15, -0.1) is 0 Å². The van der Waals surface area contributed by atoms with Crippen LogP contribution in [-0.2, 0) is 9.53 Å². The molecule has 0 bridgehead atoms. The lowest BCUT2D eigenvalue weighted by Crippen LogP contribution is -2.04. The Labute approximate surface area is 105 Å². The van der Waals surface area contributed by atoms with Gasteiger partial charge in [0.1, 0.15) is 24.0 Å². The molecule has 0 aromatic heterocycles. The summed E-state index contributed by atoms with van der Waals surface area (Å²) in [6.07, 6.45) is 1.39. The first-order valence-corrected chi connectivity index (χ1v) is 5.25. The predicted molar refractivity (Wildman–Crippen MR) is 64.6 cm³/mol. The van der Waals surface area contributed by atoms with Crippen molar-refractivity contribution in [1.82, 2.24) is 0 Å². The number of aliphatic hydroxyl groups is 1. The van der Waals surface area contributed by atoms with E-state index < -0.39 is 5.97 Å². The number of carbonyl (C=O) groups excluding carboxylic acids is 1. The number of nitriles is 1. The lowest BCUT2D eigenvalue weighted by molar-refractivity contribution is -0.135. The van der Waals surface area contributed by atoms with Crippen molar-refractivity contribution in [2.45, 2.75) is 0 Å². The van der Waals surface area contributed by atoms with E-state index in [2.05, 4.69) is 4.74 Å². The molecule has 18 heavy (non-hydrogen) atoms. The Bertz CT molecular complexity index is 488. The molecule has 1 rings (SSSR count). The quantitative estimate of drug-likeness (QED) is 0.479.